The van der Waals surface area contributed by atoms with Gasteiger partial charge in [0.2, 0.25) is 0 Å². The van der Waals surface area contributed by atoms with Gasteiger partial charge in [0, 0.05) is 17.8 Å². The predicted molar refractivity (Wildman–Crippen MR) is 97.0 cm³/mol. The Morgan fingerprint density at radius 2 is 1.92 bits per heavy atom. The fourth-order valence-corrected chi connectivity index (χ4v) is 1.90. The minimum Gasteiger partial charge on any atom is -0.329 e. The van der Waals surface area contributed by atoms with Crippen LogP contribution in [0.1, 0.15) is 11.1 Å². The van der Waals surface area contributed by atoms with Crippen molar-refractivity contribution < 1.29 is 14.5 Å². The van der Waals surface area contributed by atoms with Crippen LogP contribution >= 0.6 is 0 Å². The smallest absolute Gasteiger partial charge is 0.319 e. The maximum Gasteiger partial charge on any atom is 0.319 e. The summed E-state index contributed by atoms with van der Waals surface area (Å²) in [7, 11) is 0. The third kappa shape index (κ3) is 6.04. The van der Waals surface area contributed by atoms with Crippen molar-refractivity contribution in [3.63, 3.8) is 0 Å². The summed E-state index contributed by atoms with van der Waals surface area (Å²) in [5.74, 6) is -0.512. The SMILES string of the molecule is Cc1ccc(/C=N/NC(=O)CNC(=O)Nc2cccc([N+](=O)[O-])c2)cc1. The van der Waals surface area contributed by atoms with Crippen molar-refractivity contribution in [2.24, 2.45) is 5.10 Å². The van der Waals surface area contributed by atoms with E-state index in [9.17, 15) is 19.7 Å². The summed E-state index contributed by atoms with van der Waals surface area (Å²) in [6, 6.07) is 12.4. The minimum absolute atomic E-state index is 0.147. The molecule has 0 aliphatic rings. The average molecular weight is 355 g/mol. The Bertz CT molecular complexity index is 833. The number of nitrogens with zero attached hydrogens (tertiary/aromatic N) is 2. The number of non-ortho nitro benzene ring substituents is 1. The first kappa shape index (κ1) is 18.6. The number of carbonyl (C=O) groups is 2. The Labute approximate surface area is 149 Å². The van der Waals surface area contributed by atoms with E-state index in [0.717, 1.165) is 11.1 Å². The van der Waals surface area contributed by atoms with Gasteiger partial charge in [0.05, 0.1) is 11.1 Å². The number of carbonyl (C=O) groups excluding carboxylic acids is 2. The van der Waals surface area contributed by atoms with E-state index in [2.05, 4.69) is 21.2 Å². The van der Waals surface area contributed by atoms with E-state index in [0.29, 0.717) is 0 Å². The lowest BCUT2D eigenvalue weighted by molar-refractivity contribution is -0.384. The Morgan fingerprint density at radius 3 is 2.62 bits per heavy atom. The zero-order chi connectivity index (χ0) is 18.9. The number of hydrogen-bond acceptors (Lipinski definition) is 5. The second-order valence-electron chi connectivity index (χ2n) is 5.32. The van der Waals surface area contributed by atoms with E-state index in [1.54, 1.807) is 0 Å². The van der Waals surface area contributed by atoms with Crippen LogP contribution in [0.5, 0.6) is 0 Å². The number of nitro groups is 1. The molecule has 26 heavy (non-hydrogen) atoms. The largest absolute Gasteiger partial charge is 0.329 e. The summed E-state index contributed by atoms with van der Waals surface area (Å²) in [5.41, 5.74) is 4.33. The highest BCUT2D eigenvalue weighted by atomic mass is 16.6. The molecule has 0 aromatic heterocycles. The summed E-state index contributed by atoms with van der Waals surface area (Å²) < 4.78 is 0. The molecule has 2 aromatic rings. The maximum atomic E-state index is 11.7. The van der Waals surface area contributed by atoms with Crippen molar-refractivity contribution in [3.8, 4) is 0 Å². The second-order valence-corrected chi connectivity index (χ2v) is 5.32. The molecule has 0 atom stereocenters. The zero-order valence-electron chi connectivity index (χ0n) is 13.9. The fraction of sp³-hybridized carbons (Fsp3) is 0.118. The summed E-state index contributed by atoms with van der Waals surface area (Å²) in [6.07, 6.45) is 1.49. The van der Waals surface area contributed by atoms with Crippen LogP contribution in [0.15, 0.2) is 53.6 Å². The van der Waals surface area contributed by atoms with Crippen LogP contribution in [0.3, 0.4) is 0 Å². The molecule has 0 aliphatic carbocycles. The first-order valence-electron chi connectivity index (χ1n) is 7.62. The van der Waals surface area contributed by atoms with Gasteiger partial charge in [0.25, 0.3) is 11.6 Å². The Kier molecular flexibility index (Phi) is 6.38. The molecule has 0 spiro atoms. The molecule has 0 unspecified atom stereocenters. The molecule has 0 heterocycles. The van der Waals surface area contributed by atoms with Gasteiger partial charge >= 0.3 is 6.03 Å². The van der Waals surface area contributed by atoms with E-state index in [-0.39, 0.29) is 17.9 Å². The van der Waals surface area contributed by atoms with Gasteiger partial charge in [-0.2, -0.15) is 5.10 Å². The van der Waals surface area contributed by atoms with Crippen LogP contribution in [0, 0.1) is 17.0 Å². The predicted octanol–water partition coefficient (Wildman–Crippen LogP) is 2.18. The molecule has 3 N–H and O–H groups in total. The van der Waals surface area contributed by atoms with Crippen LogP contribution in [-0.4, -0.2) is 29.6 Å². The van der Waals surface area contributed by atoms with Gasteiger partial charge in [-0.05, 0) is 18.6 Å². The molecular formula is C17H17N5O4. The van der Waals surface area contributed by atoms with Crippen molar-refractivity contribution >= 4 is 29.5 Å². The Hall–Kier alpha value is -3.75. The monoisotopic (exact) mass is 355 g/mol. The van der Waals surface area contributed by atoms with Crippen LogP contribution in [-0.2, 0) is 4.79 Å². The summed E-state index contributed by atoms with van der Waals surface area (Å²) in [5, 5.41) is 19.2. The number of aryl methyl sites for hydroxylation is 1. The summed E-state index contributed by atoms with van der Waals surface area (Å²) in [6.45, 7) is 1.67. The molecule has 0 saturated heterocycles. The lowest BCUT2D eigenvalue weighted by atomic mass is 10.2. The zero-order valence-corrected chi connectivity index (χ0v) is 13.9. The first-order valence-corrected chi connectivity index (χ1v) is 7.62. The molecule has 0 bridgehead atoms. The van der Waals surface area contributed by atoms with Gasteiger partial charge < -0.3 is 10.6 Å². The number of nitro benzene ring substituents is 1. The van der Waals surface area contributed by atoms with E-state index in [1.807, 2.05) is 31.2 Å². The van der Waals surface area contributed by atoms with Crippen LogP contribution < -0.4 is 16.1 Å². The summed E-state index contributed by atoms with van der Waals surface area (Å²) in [4.78, 5) is 33.5. The molecule has 0 aliphatic heterocycles. The number of hydrogen-bond donors (Lipinski definition) is 3. The number of anilines is 1. The number of nitrogens with one attached hydrogen (secondary N) is 3. The maximum absolute atomic E-state index is 11.7. The molecule has 0 saturated carbocycles. The third-order valence-electron chi connectivity index (χ3n) is 3.20. The van der Waals surface area contributed by atoms with Gasteiger partial charge in [0.15, 0.2) is 0 Å². The highest BCUT2D eigenvalue weighted by molar-refractivity contribution is 5.92. The van der Waals surface area contributed by atoms with E-state index >= 15 is 0 Å². The second kappa shape index (κ2) is 8.92. The normalized spacial score (nSPS) is 10.3. The Balaban J connectivity index is 1.76. The van der Waals surface area contributed by atoms with Gasteiger partial charge in [-0.1, -0.05) is 35.9 Å². The summed E-state index contributed by atoms with van der Waals surface area (Å²) >= 11 is 0. The molecule has 3 amide bonds. The first-order chi connectivity index (χ1) is 12.4. The highest BCUT2D eigenvalue weighted by Gasteiger charge is 2.09. The molecule has 0 radical (unpaired) electrons. The average Bonchev–Trinajstić information content (AvgIpc) is 2.62. The standard InChI is InChI=1S/C17H17N5O4/c1-12-5-7-13(8-6-12)10-19-21-16(23)11-18-17(24)20-14-3-2-4-15(9-14)22(25)26/h2-10H,11H2,1H3,(H,21,23)(H2,18,20,24)/b19-10+. The van der Waals surface area contributed by atoms with Gasteiger partial charge in [-0.15, -0.1) is 0 Å². The fourth-order valence-electron chi connectivity index (χ4n) is 1.90. The van der Waals surface area contributed by atoms with E-state index in [1.165, 1.54) is 30.5 Å². The number of benzene rings is 2. The molecule has 0 fully saturated rings. The van der Waals surface area contributed by atoms with Crippen molar-refractivity contribution in [1.82, 2.24) is 10.7 Å². The van der Waals surface area contributed by atoms with Crippen molar-refractivity contribution in [1.29, 1.82) is 0 Å². The van der Waals surface area contributed by atoms with Crippen molar-refractivity contribution in [2.75, 3.05) is 11.9 Å². The van der Waals surface area contributed by atoms with Gasteiger partial charge in [-0.3, -0.25) is 14.9 Å². The molecule has 134 valence electrons. The van der Waals surface area contributed by atoms with Crippen LogP contribution in [0.25, 0.3) is 0 Å². The molecular weight excluding hydrogens is 338 g/mol. The van der Waals surface area contributed by atoms with Crippen molar-refractivity contribution in [3.05, 3.63) is 69.8 Å². The lowest BCUT2D eigenvalue weighted by Gasteiger charge is -2.06. The Morgan fingerprint density at radius 1 is 1.19 bits per heavy atom. The van der Waals surface area contributed by atoms with Crippen LogP contribution in [0.4, 0.5) is 16.2 Å². The van der Waals surface area contributed by atoms with Gasteiger partial charge in [0.1, 0.15) is 6.54 Å². The quantitative estimate of drug-likeness (QED) is 0.417. The number of hydrazone groups is 1. The van der Waals surface area contributed by atoms with E-state index < -0.39 is 16.9 Å². The molecule has 9 heteroatoms. The minimum atomic E-state index is -0.664. The topological polar surface area (TPSA) is 126 Å². The third-order valence-corrected chi connectivity index (χ3v) is 3.20. The molecule has 9 nitrogen and oxygen atoms in total. The van der Waals surface area contributed by atoms with E-state index in [4.69, 9.17) is 0 Å². The number of rotatable bonds is 6. The number of urea groups is 1. The highest BCUT2D eigenvalue weighted by Crippen LogP contribution is 2.16. The van der Waals surface area contributed by atoms with Gasteiger partial charge in [-0.25, -0.2) is 10.2 Å². The van der Waals surface area contributed by atoms with Crippen molar-refractivity contribution in [2.45, 2.75) is 6.92 Å². The lowest BCUT2D eigenvalue weighted by Crippen LogP contribution is -2.37. The number of amides is 3. The molecule has 2 rings (SSSR count). The van der Waals surface area contributed by atoms with Crippen LogP contribution in [0.2, 0.25) is 0 Å². The molecule has 2 aromatic carbocycles.